The molecule has 1 saturated heterocycles. The molecule has 0 bridgehead atoms. The van der Waals surface area contributed by atoms with Crippen molar-refractivity contribution in [1.82, 2.24) is 9.88 Å². The molecule has 0 saturated carbocycles. The normalized spacial score (nSPS) is 16.6. The Morgan fingerprint density at radius 3 is 2.51 bits per heavy atom. The van der Waals surface area contributed by atoms with Crippen molar-refractivity contribution in [2.45, 2.75) is 12.5 Å². The zero-order chi connectivity index (χ0) is 27.7. The number of aliphatic hydroxyl groups excluding tert-OH is 1. The number of nitro groups is 1. The van der Waals surface area contributed by atoms with Crippen LogP contribution in [0.1, 0.15) is 22.7 Å². The number of nitrogens with one attached hydrogen (secondary N) is 1. The molecule has 0 aliphatic carbocycles. The third-order valence-electron chi connectivity index (χ3n) is 6.88. The molecular formula is C29H25N3O7. The molecule has 1 atom stereocenters. The highest BCUT2D eigenvalue weighted by atomic mass is 16.6. The van der Waals surface area contributed by atoms with Crippen LogP contribution in [0.4, 0.5) is 5.69 Å². The second-order valence-electron chi connectivity index (χ2n) is 9.05. The van der Waals surface area contributed by atoms with Gasteiger partial charge >= 0.3 is 0 Å². The van der Waals surface area contributed by atoms with E-state index in [0.717, 1.165) is 16.5 Å². The van der Waals surface area contributed by atoms with Crippen molar-refractivity contribution >= 4 is 34.0 Å². The Bertz CT molecular complexity index is 1640. The fourth-order valence-corrected chi connectivity index (χ4v) is 4.92. The molecular weight excluding hydrogens is 502 g/mol. The third-order valence-corrected chi connectivity index (χ3v) is 6.88. The maximum atomic E-state index is 13.3. The van der Waals surface area contributed by atoms with E-state index in [1.54, 1.807) is 37.4 Å². The van der Waals surface area contributed by atoms with E-state index in [1.807, 2.05) is 24.4 Å². The summed E-state index contributed by atoms with van der Waals surface area (Å²) in [6.45, 7) is 0.122. The molecule has 10 nitrogen and oxygen atoms in total. The summed E-state index contributed by atoms with van der Waals surface area (Å²) < 4.78 is 10.6. The number of methoxy groups -OCH3 is 2. The lowest BCUT2D eigenvalue weighted by molar-refractivity contribution is -0.384. The number of hydrogen-bond acceptors (Lipinski definition) is 7. The molecule has 0 radical (unpaired) electrons. The van der Waals surface area contributed by atoms with Crippen LogP contribution in [0.5, 0.6) is 11.5 Å². The summed E-state index contributed by atoms with van der Waals surface area (Å²) in [6.07, 6.45) is 2.21. The molecule has 1 aromatic heterocycles. The van der Waals surface area contributed by atoms with Gasteiger partial charge in [0.1, 0.15) is 17.3 Å². The summed E-state index contributed by atoms with van der Waals surface area (Å²) in [5.74, 6) is -0.919. The van der Waals surface area contributed by atoms with Gasteiger partial charge in [0.2, 0.25) is 0 Å². The van der Waals surface area contributed by atoms with Gasteiger partial charge in [-0.15, -0.1) is 0 Å². The van der Waals surface area contributed by atoms with E-state index in [-0.39, 0.29) is 29.1 Å². The number of likely N-dealkylation sites (tertiary alicyclic amines) is 1. The number of carbonyl (C=O) groups is 2. The van der Waals surface area contributed by atoms with Crippen LogP contribution >= 0.6 is 0 Å². The van der Waals surface area contributed by atoms with Gasteiger partial charge < -0.3 is 24.5 Å². The van der Waals surface area contributed by atoms with Crippen LogP contribution in [0.15, 0.2) is 78.5 Å². The van der Waals surface area contributed by atoms with Crippen molar-refractivity contribution in [3.63, 3.8) is 0 Å². The van der Waals surface area contributed by atoms with E-state index in [0.29, 0.717) is 23.5 Å². The molecule has 4 aromatic rings. The highest BCUT2D eigenvalue weighted by molar-refractivity contribution is 6.46. The molecule has 39 heavy (non-hydrogen) atoms. The number of aliphatic hydroxyl groups is 1. The highest BCUT2D eigenvalue weighted by Gasteiger charge is 2.46. The van der Waals surface area contributed by atoms with Crippen LogP contribution in [0.3, 0.4) is 0 Å². The smallest absolute Gasteiger partial charge is 0.295 e. The average molecular weight is 528 g/mol. The zero-order valence-corrected chi connectivity index (χ0v) is 21.2. The minimum Gasteiger partial charge on any atom is -0.507 e. The van der Waals surface area contributed by atoms with Gasteiger partial charge in [-0.2, -0.15) is 0 Å². The maximum absolute atomic E-state index is 13.3. The van der Waals surface area contributed by atoms with Gasteiger partial charge in [0, 0.05) is 41.3 Å². The number of hydrogen-bond donors (Lipinski definition) is 2. The first-order valence-corrected chi connectivity index (χ1v) is 12.1. The monoisotopic (exact) mass is 527 g/mol. The first-order valence-electron chi connectivity index (χ1n) is 12.1. The number of rotatable bonds is 8. The van der Waals surface area contributed by atoms with Crippen LogP contribution in [-0.4, -0.2) is 52.4 Å². The Kier molecular flexibility index (Phi) is 6.76. The van der Waals surface area contributed by atoms with Crippen LogP contribution in [0.2, 0.25) is 0 Å². The summed E-state index contributed by atoms with van der Waals surface area (Å²) in [6, 6.07) is 16.8. The first-order chi connectivity index (χ1) is 18.8. The quantitative estimate of drug-likeness (QED) is 0.111. The zero-order valence-electron chi connectivity index (χ0n) is 21.2. The number of non-ortho nitro benzene ring substituents is 1. The van der Waals surface area contributed by atoms with Crippen molar-refractivity contribution in [2.75, 3.05) is 20.8 Å². The summed E-state index contributed by atoms with van der Waals surface area (Å²) in [5.41, 5.74) is 2.08. The largest absolute Gasteiger partial charge is 0.507 e. The van der Waals surface area contributed by atoms with E-state index in [9.17, 15) is 24.8 Å². The molecule has 2 N–H and O–H groups in total. The van der Waals surface area contributed by atoms with Gasteiger partial charge in [0.25, 0.3) is 17.4 Å². The topological polar surface area (TPSA) is 135 Å². The van der Waals surface area contributed by atoms with Crippen molar-refractivity contribution in [2.24, 2.45) is 0 Å². The molecule has 5 rings (SSSR count). The number of carbonyl (C=O) groups excluding carboxylic acids is 2. The predicted molar refractivity (Wildman–Crippen MR) is 144 cm³/mol. The van der Waals surface area contributed by atoms with Crippen LogP contribution in [0, 0.1) is 10.1 Å². The lowest BCUT2D eigenvalue weighted by atomic mass is 9.94. The van der Waals surface area contributed by atoms with Gasteiger partial charge in [0.05, 0.1) is 30.8 Å². The molecule has 0 unspecified atom stereocenters. The number of aromatic amines is 1. The standard InChI is InChI=1S/C29H25N3O7/c1-38-21-8-4-6-18(14-21)27(33)25-26(17-5-3-7-20(13-17)32(36)37)31(29(35)28(25)34)12-11-19-16-30-24-10-9-22(39-2)15-23(19)24/h3-10,13-16,26,30,33H,11-12H2,1-2H3/t26-/m1/s1. The lowest BCUT2D eigenvalue weighted by Crippen LogP contribution is -2.31. The van der Waals surface area contributed by atoms with Crippen LogP contribution in [0.25, 0.3) is 16.7 Å². The van der Waals surface area contributed by atoms with Gasteiger partial charge in [-0.25, -0.2) is 0 Å². The van der Waals surface area contributed by atoms with Gasteiger partial charge in [-0.05, 0) is 47.9 Å². The molecule has 0 spiro atoms. The Hall–Kier alpha value is -5.12. The summed E-state index contributed by atoms with van der Waals surface area (Å²) in [7, 11) is 3.05. The number of benzene rings is 3. The molecule has 2 heterocycles. The SMILES string of the molecule is COc1cccc(C(O)=C2C(=O)C(=O)N(CCc3c[nH]c4ccc(OC)cc34)[C@@H]2c2cccc([N+](=O)[O-])c2)c1. The van der Waals surface area contributed by atoms with E-state index < -0.39 is 22.7 Å². The van der Waals surface area contributed by atoms with Crippen LogP contribution < -0.4 is 9.47 Å². The van der Waals surface area contributed by atoms with E-state index in [4.69, 9.17) is 9.47 Å². The molecule has 10 heteroatoms. The Balaban J connectivity index is 1.59. The summed E-state index contributed by atoms with van der Waals surface area (Å²) in [5, 5.41) is 23.7. The van der Waals surface area contributed by atoms with E-state index in [1.165, 1.54) is 30.2 Å². The maximum Gasteiger partial charge on any atom is 0.295 e. The molecule has 1 aliphatic heterocycles. The Morgan fingerprint density at radius 2 is 1.77 bits per heavy atom. The predicted octanol–water partition coefficient (Wildman–Crippen LogP) is 4.76. The van der Waals surface area contributed by atoms with Gasteiger partial charge in [-0.1, -0.05) is 24.3 Å². The molecule has 1 amide bonds. The molecule has 1 aliphatic rings. The summed E-state index contributed by atoms with van der Waals surface area (Å²) in [4.78, 5) is 42.2. The van der Waals surface area contributed by atoms with E-state index in [2.05, 4.69) is 4.98 Å². The highest BCUT2D eigenvalue weighted by Crippen LogP contribution is 2.41. The third kappa shape index (κ3) is 4.68. The number of nitrogens with zero attached hydrogens (tertiary/aromatic N) is 2. The number of amides is 1. The van der Waals surface area contributed by atoms with Crippen molar-refractivity contribution < 1.29 is 29.1 Å². The number of H-pyrrole nitrogens is 1. The number of aromatic nitrogens is 1. The number of nitro benzene ring substituents is 1. The lowest BCUT2D eigenvalue weighted by Gasteiger charge is -2.25. The van der Waals surface area contributed by atoms with Crippen molar-refractivity contribution in [3.8, 4) is 11.5 Å². The number of fused-ring (bicyclic) bond motifs is 1. The van der Waals surface area contributed by atoms with E-state index >= 15 is 0 Å². The number of Topliss-reactive ketones (excluding diaryl/α,β-unsaturated/α-hetero) is 1. The Labute approximate surface area is 223 Å². The molecule has 198 valence electrons. The van der Waals surface area contributed by atoms with Gasteiger partial charge in [-0.3, -0.25) is 19.7 Å². The van der Waals surface area contributed by atoms with Crippen LogP contribution in [-0.2, 0) is 16.0 Å². The average Bonchev–Trinajstić information content (AvgIpc) is 3.48. The number of ketones is 1. The molecule has 1 fully saturated rings. The summed E-state index contributed by atoms with van der Waals surface area (Å²) >= 11 is 0. The van der Waals surface area contributed by atoms with Crippen molar-refractivity contribution in [3.05, 3.63) is 105 Å². The number of ether oxygens (including phenoxy) is 2. The second kappa shape index (κ2) is 10.3. The second-order valence-corrected chi connectivity index (χ2v) is 9.05. The van der Waals surface area contributed by atoms with Crippen molar-refractivity contribution in [1.29, 1.82) is 0 Å². The van der Waals surface area contributed by atoms with Gasteiger partial charge in [0.15, 0.2) is 0 Å². The Morgan fingerprint density at radius 1 is 1.03 bits per heavy atom. The fraction of sp³-hybridized carbons (Fsp3) is 0.172. The fourth-order valence-electron chi connectivity index (χ4n) is 4.92. The minimum atomic E-state index is -1.03. The first kappa shape index (κ1) is 25.5. The minimum absolute atomic E-state index is 0.122. The molecule has 3 aromatic carbocycles.